The molecule has 0 bridgehead atoms. The SMILES string of the molecule is CC(C)(C)PCc1ccccn1. The van der Waals surface area contributed by atoms with Gasteiger partial charge in [0.15, 0.2) is 0 Å². The minimum atomic E-state index is 0.442. The Hall–Kier alpha value is -0.420. The predicted octanol–water partition coefficient (Wildman–Crippen LogP) is 3.06. The van der Waals surface area contributed by atoms with Crippen LogP contribution < -0.4 is 0 Å². The first-order valence-corrected chi connectivity index (χ1v) is 5.43. The molecule has 1 heterocycles. The molecule has 0 aliphatic carbocycles. The molecular formula is C10H16NP. The van der Waals surface area contributed by atoms with Gasteiger partial charge in [-0.15, -0.1) is 8.58 Å². The maximum absolute atomic E-state index is 4.29. The minimum absolute atomic E-state index is 0.442. The van der Waals surface area contributed by atoms with E-state index < -0.39 is 0 Å². The van der Waals surface area contributed by atoms with E-state index in [0.717, 1.165) is 14.7 Å². The molecule has 0 saturated carbocycles. The van der Waals surface area contributed by atoms with Crippen molar-refractivity contribution in [1.82, 2.24) is 4.98 Å². The van der Waals surface area contributed by atoms with Crippen molar-refractivity contribution in [3.8, 4) is 0 Å². The largest absolute Gasteiger partial charge is 0.261 e. The highest BCUT2D eigenvalue weighted by Gasteiger charge is 2.09. The Balaban J connectivity index is 2.44. The van der Waals surface area contributed by atoms with Crippen molar-refractivity contribution in [1.29, 1.82) is 0 Å². The van der Waals surface area contributed by atoms with Crippen LogP contribution in [0.4, 0.5) is 0 Å². The highest BCUT2D eigenvalue weighted by molar-refractivity contribution is 7.38. The molecule has 1 unspecified atom stereocenters. The third kappa shape index (κ3) is 3.82. The molecule has 0 aliphatic rings. The fourth-order valence-electron chi connectivity index (χ4n) is 0.858. The molecule has 0 aliphatic heterocycles. The second kappa shape index (κ2) is 4.00. The second-order valence-corrected chi connectivity index (χ2v) is 6.13. The third-order valence-corrected chi connectivity index (χ3v) is 3.13. The van der Waals surface area contributed by atoms with E-state index in [2.05, 4.69) is 37.9 Å². The Morgan fingerprint density at radius 2 is 2.08 bits per heavy atom. The van der Waals surface area contributed by atoms with Crippen molar-refractivity contribution >= 4 is 8.58 Å². The predicted molar refractivity (Wildman–Crippen MR) is 56.0 cm³/mol. The second-order valence-electron chi connectivity index (χ2n) is 3.92. The van der Waals surface area contributed by atoms with E-state index in [1.54, 1.807) is 0 Å². The van der Waals surface area contributed by atoms with Gasteiger partial charge in [0.2, 0.25) is 0 Å². The van der Waals surface area contributed by atoms with Gasteiger partial charge in [-0.25, -0.2) is 0 Å². The van der Waals surface area contributed by atoms with Gasteiger partial charge >= 0.3 is 0 Å². The summed E-state index contributed by atoms with van der Waals surface area (Å²) in [7, 11) is 0.957. The number of nitrogens with zero attached hydrogens (tertiary/aromatic N) is 1. The van der Waals surface area contributed by atoms with E-state index >= 15 is 0 Å². The number of hydrogen-bond acceptors (Lipinski definition) is 1. The van der Waals surface area contributed by atoms with E-state index in [1.807, 2.05) is 12.3 Å². The average Bonchev–Trinajstić information content (AvgIpc) is 2.02. The van der Waals surface area contributed by atoms with E-state index in [-0.39, 0.29) is 0 Å². The van der Waals surface area contributed by atoms with E-state index in [4.69, 9.17) is 0 Å². The van der Waals surface area contributed by atoms with Crippen molar-refractivity contribution in [2.24, 2.45) is 0 Å². The highest BCUT2D eigenvalue weighted by atomic mass is 31.1. The fraction of sp³-hybridized carbons (Fsp3) is 0.500. The molecule has 0 spiro atoms. The Bertz CT molecular complexity index is 225. The smallest absolute Gasteiger partial charge is 0.0444 e. The molecule has 0 amide bonds. The lowest BCUT2D eigenvalue weighted by Gasteiger charge is -2.17. The number of hydrogen-bond donors (Lipinski definition) is 0. The average molecular weight is 181 g/mol. The lowest BCUT2D eigenvalue weighted by Crippen LogP contribution is -2.05. The zero-order valence-corrected chi connectivity index (χ0v) is 8.96. The maximum Gasteiger partial charge on any atom is 0.0444 e. The van der Waals surface area contributed by atoms with Gasteiger partial charge in [0.25, 0.3) is 0 Å². The summed E-state index contributed by atoms with van der Waals surface area (Å²) in [6.45, 7) is 6.82. The normalized spacial score (nSPS) is 12.6. The van der Waals surface area contributed by atoms with E-state index in [1.165, 1.54) is 5.69 Å². The van der Waals surface area contributed by atoms with Gasteiger partial charge in [-0.1, -0.05) is 26.8 Å². The molecule has 0 saturated heterocycles. The van der Waals surface area contributed by atoms with E-state index in [0.29, 0.717) is 5.16 Å². The van der Waals surface area contributed by atoms with Gasteiger partial charge < -0.3 is 0 Å². The van der Waals surface area contributed by atoms with Crippen molar-refractivity contribution in [2.75, 3.05) is 0 Å². The Labute approximate surface area is 76.4 Å². The highest BCUT2D eigenvalue weighted by Crippen LogP contribution is 2.32. The van der Waals surface area contributed by atoms with Crippen molar-refractivity contribution in [3.05, 3.63) is 30.1 Å². The van der Waals surface area contributed by atoms with Crippen LogP contribution in [0, 0.1) is 0 Å². The lowest BCUT2D eigenvalue weighted by atomic mass is 10.3. The first-order valence-electron chi connectivity index (χ1n) is 4.23. The first kappa shape index (κ1) is 9.67. The zero-order chi connectivity index (χ0) is 9.03. The Morgan fingerprint density at radius 3 is 2.58 bits per heavy atom. The quantitative estimate of drug-likeness (QED) is 0.639. The van der Waals surface area contributed by atoms with Crippen LogP contribution in [-0.4, -0.2) is 10.1 Å². The van der Waals surface area contributed by atoms with Gasteiger partial charge in [-0.05, 0) is 17.3 Å². The summed E-state index contributed by atoms with van der Waals surface area (Å²) < 4.78 is 0. The fourth-order valence-corrected chi connectivity index (χ4v) is 1.78. The summed E-state index contributed by atoms with van der Waals surface area (Å²) in [5.74, 6) is 0. The molecule has 0 aromatic carbocycles. The molecule has 0 radical (unpaired) electrons. The molecule has 66 valence electrons. The molecular weight excluding hydrogens is 165 g/mol. The van der Waals surface area contributed by atoms with E-state index in [9.17, 15) is 0 Å². The number of rotatable bonds is 2. The van der Waals surface area contributed by atoms with Crippen molar-refractivity contribution in [2.45, 2.75) is 32.1 Å². The Kier molecular flexibility index (Phi) is 3.22. The summed E-state index contributed by atoms with van der Waals surface area (Å²) in [5.41, 5.74) is 1.21. The topological polar surface area (TPSA) is 12.9 Å². The summed E-state index contributed by atoms with van der Waals surface area (Å²) in [6, 6.07) is 6.11. The van der Waals surface area contributed by atoms with Crippen LogP contribution in [0.1, 0.15) is 26.5 Å². The molecule has 1 aromatic rings. The summed E-state index contributed by atoms with van der Waals surface area (Å²) in [6.07, 6.45) is 2.98. The maximum atomic E-state index is 4.29. The molecule has 1 atom stereocenters. The van der Waals surface area contributed by atoms with Gasteiger partial charge in [-0.3, -0.25) is 4.98 Å². The minimum Gasteiger partial charge on any atom is -0.261 e. The first-order chi connectivity index (χ1) is 5.58. The Morgan fingerprint density at radius 1 is 1.33 bits per heavy atom. The molecule has 1 rings (SSSR count). The summed E-state index contributed by atoms with van der Waals surface area (Å²) in [5, 5.41) is 0.442. The molecule has 1 nitrogen and oxygen atoms in total. The number of aromatic nitrogens is 1. The monoisotopic (exact) mass is 181 g/mol. The van der Waals surface area contributed by atoms with Crippen LogP contribution in [0.15, 0.2) is 24.4 Å². The van der Waals surface area contributed by atoms with Crippen LogP contribution in [0.5, 0.6) is 0 Å². The van der Waals surface area contributed by atoms with Crippen molar-refractivity contribution < 1.29 is 0 Å². The standard InChI is InChI=1S/C10H16NP/c1-10(2,3)12-8-9-6-4-5-7-11-9/h4-7,12H,8H2,1-3H3. The molecule has 12 heavy (non-hydrogen) atoms. The summed E-state index contributed by atoms with van der Waals surface area (Å²) in [4.78, 5) is 4.29. The van der Waals surface area contributed by atoms with Gasteiger partial charge in [0, 0.05) is 18.1 Å². The van der Waals surface area contributed by atoms with Crippen LogP contribution in [-0.2, 0) is 6.16 Å². The molecule has 2 heteroatoms. The van der Waals surface area contributed by atoms with Crippen LogP contribution in [0.3, 0.4) is 0 Å². The van der Waals surface area contributed by atoms with Crippen molar-refractivity contribution in [3.63, 3.8) is 0 Å². The van der Waals surface area contributed by atoms with Gasteiger partial charge in [0.1, 0.15) is 0 Å². The van der Waals surface area contributed by atoms with Gasteiger partial charge in [0.05, 0.1) is 0 Å². The van der Waals surface area contributed by atoms with Gasteiger partial charge in [-0.2, -0.15) is 0 Å². The molecule has 0 fully saturated rings. The molecule has 0 N–H and O–H groups in total. The third-order valence-electron chi connectivity index (χ3n) is 1.53. The molecule has 1 aromatic heterocycles. The van der Waals surface area contributed by atoms with Crippen LogP contribution in [0.25, 0.3) is 0 Å². The number of pyridine rings is 1. The van der Waals surface area contributed by atoms with Crippen LogP contribution in [0.2, 0.25) is 0 Å². The summed E-state index contributed by atoms with van der Waals surface area (Å²) >= 11 is 0. The van der Waals surface area contributed by atoms with Crippen LogP contribution >= 0.6 is 8.58 Å². The zero-order valence-electron chi connectivity index (χ0n) is 7.96. The lowest BCUT2D eigenvalue weighted by molar-refractivity contribution is 0.791.